The predicted octanol–water partition coefficient (Wildman–Crippen LogP) is 1.83. The molecule has 2 rings (SSSR count). The third-order valence-corrected chi connectivity index (χ3v) is 2.52. The summed E-state index contributed by atoms with van der Waals surface area (Å²) in [6.45, 7) is 6.48. The highest BCUT2D eigenvalue weighted by Gasteiger charge is 2.11. The Labute approximate surface area is 122 Å². The molecule has 0 aliphatic carbocycles. The fourth-order valence-corrected chi connectivity index (χ4v) is 1.67. The van der Waals surface area contributed by atoms with Crippen LogP contribution in [0, 0.1) is 11.3 Å². The first-order valence-corrected chi connectivity index (χ1v) is 6.44. The summed E-state index contributed by atoms with van der Waals surface area (Å²) in [4.78, 5) is 1.23. The van der Waals surface area contributed by atoms with Crippen molar-refractivity contribution in [3.05, 3.63) is 30.9 Å². The van der Waals surface area contributed by atoms with E-state index in [0.29, 0.717) is 30.5 Å². The van der Waals surface area contributed by atoms with Crippen LogP contribution in [-0.4, -0.2) is 33.4 Å². The first kappa shape index (κ1) is 14.5. The Bertz CT molecular complexity index is 660. The van der Waals surface area contributed by atoms with Gasteiger partial charge in [0.05, 0.1) is 12.7 Å². The summed E-state index contributed by atoms with van der Waals surface area (Å²) in [7, 11) is 0. The van der Waals surface area contributed by atoms with E-state index in [-0.39, 0.29) is 6.54 Å². The molecule has 0 fully saturated rings. The van der Waals surface area contributed by atoms with Crippen molar-refractivity contribution in [1.82, 2.24) is 20.2 Å². The SMILES string of the molecule is C=CCOc1ccc(-c2nnn(CC#N)n2)cc1OCC. The van der Waals surface area contributed by atoms with Crippen LogP contribution in [0.2, 0.25) is 0 Å². The molecule has 0 radical (unpaired) electrons. The monoisotopic (exact) mass is 285 g/mol. The van der Waals surface area contributed by atoms with Crippen LogP contribution in [0.25, 0.3) is 11.4 Å². The molecular formula is C14H15N5O2. The van der Waals surface area contributed by atoms with Crippen LogP contribution in [-0.2, 0) is 6.54 Å². The van der Waals surface area contributed by atoms with Crippen molar-refractivity contribution in [2.45, 2.75) is 13.5 Å². The molecule has 1 aromatic carbocycles. The average Bonchev–Trinajstić information content (AvgIpc) is 2.95. The van der Waals surface area contributed by atoms with E-state index in [4.69, 9.17) is 14.7 Å². The number of rotatable bonds is 7. The van der Waals surface area contributed by atoms with Gasteiger partial charge in [-0.15, -0.1) is 15.0 Å². The summed E-state index contributed by atoms with van der Waals surface area (Å²) >= 11 is 0. The molecule has 0 aliphatic heterocycles. The lowest BCUT2D eigenvalue weighted by atomic mass is 10.2. The standard InChI is InChI=1S/C14H15N5O2/c1-3-9-21-12-6-5-11(10-13(12)20-4-2)14-16-18-19(17-14)8-7-15/h3,5-6,10H,1,4,8-9H2,2H3. The van der Waals surface area contributed by atoms with Gasteiger partial charge in [-0.1, -0.05) is 12.7 Å². The van der Waals surface area contributed by atoms with Crippen molar-refractivity contribution in [2.24, 2.45) is 0 Å². The van der Waals surface area contributed by atoms with Gasteiger partial charge in [0.1, 0.15) is 13.2 Å². The number of hydrogen-bond donors (Lipinski definition) is 0. The molecule has 0 saturated heterocycles. The van der Waals surface area contributed by atoms with Gasteiger partial charge >= 0.3 is 0 Å². The summed E-state index contributed by atoms with van der Waals surface area (Å²) in [5.41, 5.74) is 0.744. The Hall–Kier alpha value is -2.88. The molecule has 7 heteroatoms. The normalized spacial score (nSPS) is 9.90. The molecule has 0 atom stereocenters. The Morgan fingerprint density at radius 2 is 2.24 bits per heavy atom. The van der Waals surface area contributed by atoms with Crippen LogP contribution < -0.4 is 9.47 Å². The van der Waals surface area contributed by atoms with Gasteiger partial charge in [-0.3, -0.25) is 0 Å². The second-order valence-electron chi connectivity index (χ2n) is 4.00. The van der Waals surface area contributed by atoms with Crippen LogP contribution in [0.1, 0.15) is 6.92 Å². The van der Waals surface area contributed by atoms with Crippen LogP contribution >= 0.6 is 0 Å². The first-order valence-electron chi connectivity index (χ1n) is 6.44. The van der Waals surface area contributed by atoms with Crippen LogP contribution in [0.3, 0.4) is 0 Å². The summed E-state index contributed by atoms with van der Waals surface area (Å²) in [6, 6.07) is 7.34. The van der Waals surface area contributed by atoms with Gasteiger partial charge in [-0.2, -0.15) is 5.26 Å². The third kappa shape index (κ3) is 3.57. The van der Waals surface area contributed by atoms with Gasteiger partial charge in [0.2, 0.25) is 5.82 Å². The van der Waals surface area contributed by atoms with Gasteiger partial charge in [-0.05, 0) is 30.3 Å². The van der Waals surface area contributed by atoms with Crippen LogP contribution in [0.5, 0.6) is 11.5 Å². The fourth-order valence-electron chi connectivity index (χ4n) is 1.67. The van der Waals surface area contributed by atoms with E-state index in [1.165, 1.54) is 4.80 Å². The number of ether oxygens (including phenoxy) is 2. The minimum absolute atomic E-state index is 0.0614. The minimum Gasteiger partial charge on any atom is -0.490 e. The molecule has 0 amide bonds. The van der Waals surface area contributed by atoms with Crippen molar-refractivity contribution < 1.29 is 9.47 Å². The summed E-state index contributed by atoms with van der Waals surface area (Å²) in [6.07, 6.45) is 1.67. The molecule has 21 heavy (non-hydrogen) atoms. The number of hydrogen-bond acceptors (Lipinski definition) is 6. The van der Waals surface area contributed by atoms with Crippen LogP contribution in [0.15, 0.2) is 30.9 Å². The molecule has 0 unspecified atom stereocenters. The van der Waals surface area contributed by atoms with E-state index in [1.54, 1.807) is 18.2 Å². The molecular weight excluding hydrogens is 270 g/mol. The van der Waals surface area contributed by atoms with Crippen molar-refractivity contribution in [2.75, 3.05) is 13.2 Å². The largest absolute Gasteiger partial charge is 0.490 e. The lowest BCUT2D eigenvalue weighted by Crippen LogP contribution is -2.00. The smallest absolute Gasteiger partial charge is 0.205 e. The predicted molar refractivity (Wildman–Crippen MR) is 75.7 cm³/mol. The van der Waals surface area contributed by atoms with E-state index >= 15 is 0 Å². The lowest BCUT2D eigenvalue weighted by Gasteiger charge is -2.11. The van der Waals surface area contributed by atoms with E-state index < -0.39 is 0 Å². The first-order chi connectivity index (χ1) is 10.3. The number of tetrazole rings is 1. The van der Waals surface area contributed by atoms with E-state index in [9.17, 15) is 0 Å². The quantitative estimate of drug-likeness (QED) is 0.721. The Morgan fingerprint density at radius 3 is 2.95 bits per heavy atom. The van der Waals surface area contributed by atoms with Crippen molar-refractivity contribution in [1.29, 1.82) is 5.26 Å². The van der Waals surface area contributed by atoms with Gasteiger partial charge in [0, 0.05) is 5.56 Å². The summed E-state index contributed by atoms with van der Waals surface area (Å²) in [5, 5.41) is 20.4. The van der Waals surface area contributed by atoms with E-state index in [0.717, 1.165) is 5.56 Å². The average molecular weight is 285 g/mol. The van der Waals surface area contributed by atoms with Gasteiger partial charge in [0.15, 0.2) is 11.5 Å². The Balaban J connectivity index is 2.29. The highest BCUT2D eigenvalue weighted by atomic mass is 16.5. The molecule has 0 saturated carbocycles. The number of nitrogens with zero attached hydrogens (tertiary/aromatic N) is 5. The number of nitriles is 1. The zero-order valence-corrected chi connectivity index (χ0v) is 11.7. The Kier molecular flexibility index (Phi) is 4.88. The molecule has 1 aromatic heterocycles. The van der Waals surface area contributed by atoms with Gasteiger partial charge in [-0.25, -0.2) is 0 Å². The fraction of sp³-hybridized carbons (Fsp3) is 0.286. The maximum atomic E-state index is 8.61. The summed E-state index contributed by atoms with van der Waals surface area (Å²) < 4.78 is 11.1. The summed E-state index contributed by atoms with van der Waals surface area (Å²) in [5.74, 6) is 1.67. The van der Waals surface area contributed by atoms with Crippen molar-refractivity contribution in [3.63, 3.8) is 0 Å². The minimum atomic E-state index is 0.0614. The number of benzene rings is 1. The highest BCUT2D eigenvalue weighted by molar-refractivity contribution is 5.60. The topological polar surface area (TPSA) is 85.9 Å². The van der Waals surface area contributed by atoms with Gasteiger partial charge < -0.3 is 9.47 Å². The van der Waals surface area contributed by atoms with Crippen molar-refractivity contribution >= 4 is 0 Å². The molecule has 7 nitrogen and oxygen atoms in total. The third-order valence-electron chi connectivity index (χ3n) is 2.52. The van der Waals surface area contributed by atoms with E-state index in [2.05, 4.69) is 22.0 Å². The molecule has 0 spiro atoms. The van der Waals surface area contributed by atoms with Crippen molar-refractivity contribution in [3.8, 4) is 29.0 Å². The highest BCUT2D eigenvalue weighted by Crippen LogP contribution is 2.31. The lowest BCUT2D eigenvalue weighted by molar-refractivity contribution is 0.297. The molecule has 0 aliphatic rings. The van der Waals surface area contributed by atoms with Gasteiger partial charge in [0.25, 0.3) is 0 Å². The van der Waals surface area contributed by atoms with Crippen LogP contribution in [0.4, 0.5) is 0 Å². The molecule has 0 bridgehead atoms. The second kappa shape index (κ2) is 7.05. The zero-order valence-electron chi connectivity index (χ0n) is 11.7. The molecule has 1 heterocycles. The maximum absolute atomic E-state index is 8.61. The molecule has 108 valence electrons. The maximum Gasteiger partial charge on any atom is 0.205 e. The molecule has 0 N–H and O–H groups in total. The Morgan fingerprint density at radius 1 is 1.38 bits per heavy atom. The van der Waals surface area contributed by atoms with E-state index in [1.807, 2.05) is 19.1 Å². The second-order valence-corrected chi connectivity index (χ2v) is 4.00. The number of aromatic nitrogens is 4. The molecule has 2 aromatic rings. The zero-order chi connectivity index (χ0) is 15.1.